The molecule has 0 aliphatic carbocycles. The molecule has 0 saturated heterocycles. The highest BCUT2D eigenvalue weighted by atomic mass is 15.1. The van der Waals surface area contributed by atoms with Crippen LogP contribution in [0.3, 0.4) is 0 Å². The molecule has 0 atom stereocenters. The zero-order valence-electron chi connectivity index (χ0n) is 11.1. The Morgan fingerprint density at radius 2 is 1.87 bits per heavy atom. The minimum Gasteiger partial charge on any atom is -0.311 e. The molecule has 90 valence electrons. The first-order valence-electron chi connectivity index (χ1n) is 6.08. The Bertz CT molecular complexity index is 173. The summed E-state index contributed by atoms with van der Waals surface area (Å²) in [6.07, 6.45) is 0. The van der Waals surface area contributed by atoms with Gasteiger partial charge in [-0.25, -0.2) is 0 Å². The average Bonchev–Trinajstić information content (AvgIpc) is 2.13. The predicted molar refractivity (Wildman–Crippen MR) is 69.2 cm³/mol. The molecule has 15 heavy (non-hydrogen) atoms. The van der Waals surface area contributed by atoms with Crippen LogP contribution in [-0.4, -0.2) is 37.1 Å². The topological polar surface area (TPSA) is 15.3 Å². The number of hydrogen-bond donors (Lipinski definition) is 1. The van der Waals surface area contributed by atoms with E-state index in [1.165, 1.54) is 5.57 Å². The highest BCUT2D eigenvalue weighted by Gasteiger charge is 2.06. The first-order valence-corrected chi connectivity index (χ1v) is 6.08. The molecule has 0 bridgehead atoms. The molecule has 0 aliphatic heterocycles. The van der Waals surface area contributed by atoms with Gasteiger partial charge in [0.25, 0.3) is 0 Å². The molecule has 0 amide bonds. The quantitative estimate of drug-likeness (QED) is 0.622. The second-order valence-electron chi connectivity index (χ2n) is 5.01. The molecule has 0 spiro atoms. The van der Waals surface area contributed by atoms with Crippen molar-refractivity contribution in [2.75, 3.05) is 26.2 Å². The fourth-order valence-corrected chi connectivity index (χ4v) is 1.54. The highest BCUT2D eigenvalue weighted by molar-refractivity contribution is 5.00. The number of nitrogens with zero attached hydrogens (tertiary/aromatic N) is 1. The van der Waals surface area contributed by atoms with Gasteiger partial charge in [-0.05, 0) is 18.0 Å². The van der Waals surface area contributed by atoms with E-state index < -0.39 is 0 Å². The van der Waals surface area contributed by atoms with Gasteiger partial charge in [0.15, 0.2) is 0 Å². The monoisotopic (exact) mass is 212 g/mol. The Kier molecular flexibility index (Phi) is 7.71. The SMILES string of the molecule is C=C(CNC(C)C)CN(CC)CC(C)C. The Balaban J connectivity index is 3.80. The third-order valence-corrected chi connectivity index (χ3v) is 2.28. The van der Waals surface area contributed by atoms with E-state index in [0.29, 0.717) is 6.04 Å². The fraction of sp³-hybridized carbons (Fsp3) is 0.846. The maximum atomic E-state index is 4.12. The Morgan fingerprint density at radius 3 is 2.27 bits per heavy atom. The number of likely N-dealkylation sites (N-methyl/N-ethyl adjacent to an activating group) is 1. The Hall–Kier alpha value is -0.340. The summed E-state index contributed by atoms with van der Waals surface area (Å²) < 4.78 is 0. The first kappa shape index (κ1) is 14.7. The standard InChI is InChI=1S/C13H28N2/c1-7-15(9-11(2)3)10-13(6)8-14-12(4)5/h11-12,14H,6-10H2,1-5H3. The minimum absolute atomic E-state index is 0.543. The van der Waals surface area contributed by atoms with Crippen molar-refractivity contribution in [2.24, 2.45) is 5.92 Å². The summed E-state index contributed by atoms with van der Waals surface area (Å²) in [5.74, 6) is 0.732. The number of rotatable bonds is 8. The molecule has 0 fully saturated rings. The van der Waals surface area contributed by atoms with Gasteiger partial charge < -0.3 is 5.32 Å². The molecule has 0 unspecified atom stereocenters. The third-order valence-electron chi connectivity index (χ3n) is 2.28. The van der Waals surface area contributed by atoms with Crippen LogP contribution >= 0.6 is 0 Å². The van der Waals surface area contributed by atoms with Crippen LogP contribution in [0.4, 0.5) is 0 Å². The van der Waals surface area contributed by atoms with Gasteiger partial charge in [0, 0.05) is 25.7 Å². The van der Waals surface area contributed by atoms with E-state index in [1.54, 1.807) is 0 Å². The van der Waals surface area contributed by atoms with Crippen molar-refractivity contribution in [1.29, 1.82) is 0 Å². The zero-order chi connectivity index (χ0) is 11.8. The largest absolute Gasteiger partial charge is 0.311 e. The molecule has 0 aliphatic rings. The lowest BCUT2D eigenvalue weighted by molar-refractivity contribution is 0.274. The minimum atomic E-state index is 0.543. The van der Waals surface area contributed by atoms with Crippen LogP contribution in [-0.2, 0) is 0 Å². The summed E-state index contributed by atoms with van der Waals surface area (Å²) in [6, 6.07) is 0.543. The van der Waals surface area contributed by atoms with Crippen LogP contribution in [0.15, 0.2) is 12.2 Å². The Labute approximate surface area is 95.7 Å². The molecule has 0 aromatic carbocycles. The van der Waals surface area contributed by atoms with Crippen molar-refractivity contribution in [3.8, 4) is 0 Å². The molecule has 0 rings (SSSR count). The summed E-state index contributed by atoms with van der Waals surface area (Å²) in [5, 5.41) is 3.40. The van der Waals surface area contributed by atoms with Crippen LogP contribution in [0, 0.1) is 5.92 Å². The predicted octanol–water partition coefficient (Wildman–Crippen LogP) is 2.52. The molecule has 0 saturated carbocycles. The van der Waals surface area contributed by atoms with Crippen molar-refractivity contribution in [1.82, 2.24) is 10.2 Å². The Morgan fingerprint density at radius 1 is 1.27 bits per heavy atom. The zero-order valence-corrected chi connectivity index (χ0v) is 11.1. The van der Waals surface area contributed by atoms with Gasteiger partial charge in [0.1, 0.15) is 0 Å². The second kappa shape index (κ2) is 7.89. The van der Waals surface area contributed by atoms with Crippen LogP contribution in [0.5, 0.6) is 0 Å². The van der Waals surface area contributed by atoms with Crippen LogP contribution in [0.1, 0.15) is 34.6 Å². The van der Waals surface area contributed by atoms with Crippen molar-refractivity contribution >= 4 is 0 Å². The van der Waals surface area contributed by atoms with Crippen LogP contribution in [0.25, 0.3) is 0 Å². The normalized spacial score (nSPS) is 11.7. The van der Waals surface area contributed by atoms with Gasteiger partial charge in [-0.15, -0.1) is 0 Å². The summed E-state index contributed by atoms with van der Waals surface area (Å²) >= 11 is 0. The van der Waals surface area contributed by atoms with E-state index >= 15 is 0 Å². The van der Waals surface area contributed by atoms with E-state index in [-0.39, 0.29) is 0 Å². The van der Waals surface area contributed by atoms with Gasteiger partial charge in [0.05, 0.1) is 0 Å². The lowest BCUT2D eigenvalue weighted by atomic mass is 10.2. The summed E-state index contributed by atoms with van der Waals surface area (Å²) in [6.45, 7) is 19.4. The smallest absolute Gasteiger partial charge is 0.0202 e. The fourth-order valence-electron chi connectivity index (χ4n) is 1.54. The van der Waals surface area contributed by atoms with Crippen molar-refractivity contribution in [3.05, 3.63) is 12.2 Å². The van der Waals surface area contributed by atoms with Gasteiger partial charge >= 0.3 is 0 Å². The number of hydrogen-bond acceptors (Lipinski definition) is 2. The number of nitrogens with one attached hydrogen (secondary N) is 1. The van der Waals surface area contributed by atoms with Gasteiger partial charge in [0.2, 0.25) is 0 Å². The second-order valence-corrected chi connectivity index (χ2v) is 5.01. The summed E-state index contributed by atoms with van der Waals surface area (Å²) in [7, 11) is 0. The lowest BCUT2D eigenvalue weighted by Crippen LogP contribution is -2.33. The van der Waals surface area contributed by atoms with Gasteiger partial charge in [-0.3, -0.25) is 4.90 Å². The molecule has 1 N–H and O–H groups in total. The maximum Gasteiger partial charge on any atom is 0.0202 e. The van der Waals surface area contributed by atoms with Crippen LogP contribution in [0.2, 0.25) is 0 Å². The van der Waals surface area contributed by atoms with Crippen molar-refractivity contribution < 1.29 is 0 Å². The van der Waals surface area contributed by atoms with Crippen molar-refractivity contribution in [3.63, 3.8) is 0 Å². The molecule has 0 radical (unpaired) electrons. The third kappa shape index (κ3) is 8.64. The van der Waals surface area contributed by atoms with E-state index in [1.807, 2.05) is 0 Å². The molecule has 0 heterocycles. The molecular formula is C13H28N2. The first-order chi connectivity index (χ1) is 6.95. The van der Waals surface area contributed by atoms with E-state index in [4.69, 9.17) is 0 Å². The summed E-state index contributed by atoms with van der Waals surface area (Å²) in [4.78, 5) is 2.45. The molecule has 2 nitrogen and oxygen atoms in total. The van der Waals surface area contributed by atoms with Crippen LogP contribution < -0.4 is 5.32 Å². The molecule has 0 aromatic heterocycles. The average molecular weight is 212 g/mol. The lowest BCUT2D eigenvalue weighted by Gasteiger charge is -2.24. The summed E-state index contributed by atoms with van der Waals surface area (Å²) in [5.41, 5.74) is 1.28. The molecule has 0 aromatic rings. The van der Waals surface area contributed by atoms with E-state index in [0.717, 1.165) is 32.1 Å². The molecule has 2 heteroatoms. The van der Waals surface area contributed by atoms with E-state index in [2.05, 4.69) is 51.4 Å². The van der Waals surface area contributed by atoms with Crippen molar-refractivity contribution in [2.45, 2.75) is 40.7 Å². The molecular weight excluding hydrogens is 184 g/mol. The highest BCUT2D eigenvalue weighted by Crippen LogP contribution is 2.01. The van der Waals surface area contributed by atoms with E-state index in [9.17, 15) is 0 Å². The van der Waals surface area contributed by atoms with Gasteiger partial charge in [-0.1, -0.05) is 41.2 Å². The maximum absolute atomic E-state index is 4.12. The van der Waals surface area contributed by atoms with Gasteiger partial charge in [-0.2, -0.15) is 0 Å².